The van der Waals surface area contributed by atoms with Crippen LogP contribution in [0.1, 0.15) is 13.3 Å². The fourth-order valence-corrected chi connectivity index (χ4v) is 0.700. The highest BCUT2D eigenvalue weighted by molar-refractivity contribution is 5.58. The summed E-state index contributed by atoms with van der Waals surface area (Å²) in [4.78, 5) is 20.0. The van der Waals surface area contributed by atoms with Gasteiger partial charge in [0.25, 0.3) is 0 Å². The summed E-state index contributed by atoms with van der Waals surface area (Å²) >= 11 is 0. The third-order valence-corrected chi connectivity index (χ3v) is 1.05. The monoisotopic (exact) mass is 190 g/mol. The number of hydrogen-bond donors (Lipinski definition) is 2. The van der Waals surface area contributed by atoms with Crippen LogP contribution in [-0.4, -0.2) is 28.6 Å². The Balaban J connectivity index is 3.78. The molecule has 0 aliphatic heterocycles. The zero-order chi connectivity index (χ0) is 10.4. The zero-order valence-electron chi connectivity index (χ0n) is 7.02. The van der Waals surface area contributed by atoms with Crippen LogP contribution in [0.4, 0.5) is 9.59 Å². The van der Waals surface area contributed by atoms with Gasteiger partial charge in [0.1, 0.15) is 11.9 Å². The summed E-state index contributed by atoms with van der Waals surface area (Å²) in [5.74, 6) is -0.0544. The minimum atomic E-state index is -1.48. The van der Waals surface area contributed by atoms with Crippen molar-refractivity contribution in [2.24, 2.45) is 0 Å². The average Bonchev–Trinajstić information content (AvgIpc) is 1.80. The van der Waals surface area contributed by atoms with Crippen molar-refractivity contribution in [3.05, 3.63) is 12.3 Å². The Labute approximate surface area is 74.4 Å². The second-order valence-electron chi connectivity index (χ2n) is 2.31. The standard InChI is InChI=1S/C7H10O6/c1-4(12-6(8)9)3-5(2)13-7(10)11/h5H,1,3H2,2H3,(H,8,9)(H,10,11). The third kappa shape index (κ3) is 6.67. The van der Waals surface area contributed by atoms with Gasteiger partial charge in [0.2, 0.25) is 0 Å². The van der Waals surface area contributed by atoms with E-state index in [4.69, 9.17) is 10.2 Å². The summed E-state index contributed by atoms with van der Waals surface area (Å²) in [7, 11) is 0. The fourth-order valence-electron chi connectivity index (χ4n) is 0.700. The molecule has 0 fully saturated rings. The van der Waals surface area contributed by atoms with E-state index in [0.29, 0.717) is 0 Å². The number of ether oxygens (including phenoxy) is 2. The Bertz CT molecular complexity index is 221. The van der Waals surface area contributed by atoms with Crippen molar-refractivity contribution in [1.29, 1.82) is 0 Å². The summed E-state index contributed by atoms with van der Waals surface area (Å²) in [6, 6.07) is 0. The Morgan fingerprint density at radius 2 is 1.92 bits per heavy atom. The molecular formula is C7H10O6. The molecule has 2 N–H and O–H groups in total. The van der Waals surface area contributed by atoms with Gasteiger partial charge < -0.3 is 19.7 Å². The molecule has 0 aromatic rings. The van der Waals surface area contributed by atoms with Gasteiger partial charge in [0.15, 0.2) is 0 Å². The summed E-state index contributed by atoms with van der Waals surface area (Å²) in [5.41, 5.74) is 0. The van der Waals surface area contributed by atoms with Crippen LogP contribution in [0, 0.1) is 0 Å². The van der Waals surface area contributed by atoms with Gasteiger partial charge in [-0.1, -0.05) is 6.58 Å². The summed E-state index contributed by atoms with van der Waals surface area (Å²) in [6.45, 7) is 4.73. The van der Waals surface area contributed by atoms with E-state index in [1.807, 2.05) is 0 Å². The molecule has 0 rings (SSSR count). The molecule has 0 aliphatic carbocycles. The molecule has 0 radical (unpaired) electrons. The highest BCUT2D eigenvalue weighted by Crippen LogP contribution is 2.07. The molecule has 0 saturated heterocycles. The highest BCUT2D eigenvalue weighted by Gasteiger charge is 2.11. The number of carboxylic acid groups (broad SMARTS) is 2. The van der Waals surface area contributed by atoms with Crippen LogP contribution in [0.15, 0.2) is 12.3 Å². The normalized spacial score (nSPS) is 11.5. The summed E-state index contributed by atoms with van der Waals surface area (Å²) in [5, 5.41) is 16.3. The lowest BCUT2D eigenvalue weighted by Gasteiger charge is -2.10. The molecule has 0 aliphatic rings. The lowest BCUT2D eigenvalue weighted by atomic mass is 10.2. The van der Waals surface area contributed by atoms with E-state index in [0.717, 1.165) is 0 Å². The number of carbonyl (C=O) groups is 2. The number of rotatable bonds is 4. The van der Waals surface area contributed by atoms with E-state index in [9.17, 15) is 9.59 Å². The Morgan fingerprint density at radius 1 is 1.38 bits per heavy atom. The molecule has 0 amide bonds. The van der Waals surface area contributed by atoms with Crippen LogP contribution < -0.4 is 0 Å². The predicted octanol–water partition coefficient (Wildman–Crippen LogP) is 1.67. The van der Waals surface area contributed by atoms with E-state index >= 15 is 0 Å². The van der Waals surface area contributed by atoms with Crippen LogP contribution in [0.3, 0.4) is 0 Å². The first-order chi connectivity index (χ1) is 5.91. The van der Waals surface area contributed by atoms with Crippen molar-refractivity contribution in [3.63, 3.8) is 0 Å². The van der Waals surface area contributed by atoms with Crippen LogP contribution >= 0.6 is 0 Å². The van der Waals surface area contributed by atoms with Crippen molar-refractivity contribution in [2.75, 3.05) is 0 Å². The van der Waals surface area contributed by atoms with Gasteiger partial charge in [-0.2, -0.15) is 0 Å². The molecular weight excluding hydrogens is 180 g/mol. The van der Waals surface area contributed by atoms with Crippen molar-refractivity contribution in [3.8, 4) is 0 Å². The SMILES string of the molecule is C=C(CC(C)OC(=O)O)OC(=O)O. The highest BCUT2D eigenvalue weighted by atomic mass is 16.7. The smallest absolute Gasteiger partial charge is 0.450 e. The molecule has 74 valence electrons. The number of hydrogen-bond acceptors (Lipinski definition) is 4. The van der Waals surface area contributed by atoms with E-state index < -0.39 is 18.4 Å². The second kappa shape index (κ2) is 5.02. The van der Waals surface area contributed by atoms with Gasteiger partial charge in [0, 0.05) is 6.42 Å². The molecule has 0 aromatic heterocycles. The van der Waals surface area contributed by atoms with E-state index in [1.54, 1.807) is 0 Å². The lowest BCUT2D eigenvalue weighted by Crippen LogP contribution is -2.14. The van der Waals surface area contributed by atoms with E-state index in [1.165, 1.54) is 6.92 Å². The van der Waals surface area contributed by atoms with Gasteiger partial charge in [-0.05, 0) is 6.92 Å². The minimum Gasteiger partial charge on any atom is -0.450 e. The molecule has 0 aromatic carbocycles. The average molecular weight is 190 g/mol. The van der Waals surface area contributed by atoms with Gasteiger partial charge in [-0.25, -0.2) is 9.59 Å². The van der Waals surface area contributed by atoms with E-state index in [2.05, 4.69) is 16.1 Å². The molecule has 0 spiro atoms. The van der Waals surface area contributed by atoms with Gasteiger partial charge in [0.05, 0.1) is 0 Å². The van der Waals surface area contributed by atoms with Crippen LogP contribution in [0.2, 0.25) is 0 Å². The quantitative estimate of drug-likeness (QED) is 0.517. The molecule has 1 atom stereocenters. The maximum absolute atomic E-state index is 10.0. The molecule has 0 saturated carbocycles. The Kier molecular flexibility index (Phi) is 4.36. The van der Waals surface area contributed by atoms with Crippen LogP contribution in [0.25, 0.3) is 0 Å². The molecule has 13 heavy (non-hydrogen) atoms. The lowest BCUT2D eigenvalue weighted by molar-refractivity contribution is 0.0521. The first-order valence-corrected chi connectivity index (χ1v) is 3.40. The van der Waals surface area contributed by atoms with E-state index in [-0.39, 0.29) is 12.2 Å². The Hall–Kier alpha value is -1.72. The summed E-state index contributed by atoms with van der Waals surface area (Å²) < 4.78 is 8.44. The van der Waals surface area contributed by atoms with Crippen molar-refractivity contribution in [2.45, 2.75) is 19.4 Å². The zero-order valence-corrected chi connectivity index (χ0v) is 7.02. The molecule has 0 heterocycles. The molecule has 0 bridgehead atoms. The first kappa shape index (κ1) is 11.3. The largest absolute Gasteiger partial charge is 0.510 e. The molecule has 1 unspecified atom stereocenters. The Morgan fingerprint density at radius 3 is 2.31 bits per heavy atom. The maximum atomic E-state index is 10.0. The van der Waals surface area contributed by atoms with Gasteiger partial charge in [-0.15, -0.1) is 0 Å². The van der Waals surface area contributed by atoms with Crippen molar-refractivity contribution < 1.29 is 29.3 Å². The van der Waals surface area contributed by atoms with Gasteiger partial charge in [-0.3, -0.25) is 0 Å². The maximum Gasteiger partial charge on any atom is 0.510 e. The van der Waals surface area contributed by atoms with Crippen LogP contribution in [-0.2, 0) is 9.47 Å². The molecule has 6 nitrogen and oxygen atoms in total. The second-order valence-corrected chi connectivity index (χ2v) is 2.31. The first-order valence-electron chi connectivity index (χ1n) is 3.40. The topological polar surface area (TPSA) is 93.1 Å². The van der Waals surface area contributed by atoms with Crippen LogP contribution in [0.5, 0.6) is 0 Å². The minimum absolute atomic E-state index is 0.0125. The van der Waals surface area contributed by atoms with Crippen molar-refractivity contribution >= 4 is 12.3 Å². The molecule has 6 heteroatoms. The summed E-state index contributed by atoms with van der Waals surface area (Å²) in [6.07, 6.45) is -3.56. The van der Waals surface area contributed by atoms with Gasteiger partial charge >= 0.3 is 12.3 Å². The van der Waals surface area contributed by atoms with Crippen molar-refractivity contribution in [1.82, 2.24) is 0 Å². The third-order valence-electron chi connectivity index (χ3n) is 1.05. The fraction of sp³-hybridized carbons (Fsp3) is 0.429. The predicted molar refractivity (Wildman–Crippen MR) is 41.4 cm³/mol.